The van der Waals surface area contributed by atoms with Crippen LogP contribution in [-0.2, 0) is 21.2 Å². The first-order valence-corrected chi connectivity index (χ1v) is 14.2. The predicted octanol–water partition coefficient (Wildman–Crippen LogP) is 4.96. The molecule has 0 unspecified atom stereocenters. The van der Waals surface area contributed by atoms with Crippen molar-refractivity contribution in [1.82, 2.24) is 9.21 Å². The third-order valence-electron chi connectivity index (χ3n) is 6.85. The van der Waals surface area contributed by atoms with E-state index in [9.17, 15) is 13.2 Å². The predicted molar refractivity (Wildman–Crippen MR) is 150 cm³/mol. The van der Waals surface area contributed by atoms with Gasteiger partial charge in [-0.05, 0) is 41.0 Å². The summed E-state index contributed by atoms with van der Waals surface area (Å²) in [5.74, 6) is -0.144. The van der Waals surface area contributed by atoms with Gasteiger partial charge < -0.3 is 5.32 Å². The molecule has 7 heteroatoms. The third kappa shape index (κ3) is 6.02. The van der Waals surface area contributed by atoms with Crippen LogP contribution >= 0.6 is 0 Å². The van der Waals surface area contributed by atoms with Crippen LogP contribution in [0.1, 0.15) is 22.7 Å². The summed E-state index contributed by atoms with van der Waals surface area (Å²) in [6.07, 6.45) is 0.262. The van der Waals surface area contributed by atoms with E-state index in [1.54, 1.807) is 28.6 Å². The van der Waals surface area contributed by atoms with E-state index < -0.39 is 10.0 Å². The number of nitrogens with zero attached hydrogens (tertiary/aromatic N) is 2. The van der Waals surface area contributed by atoms with E-state index in [0.29, 0.717) is 31.9 Å². The average molecular weight is 526 g/mol. The number of benzene rings is 4. The number of sulfonamides is 1. The highest BCUT2D eigenvalue weighted by Gasteiger charge is 2.32. The van der Waals surface area contributed by atoms with E-state index in [4.69, 9.17) is 0 Å². The van der Waals surface area contributed by atoms with Gasteiger partial charge in [0.15, 0.2) is 0 Å². The summed E-state index contributed by atoms with van der Waals surface area (Å²) in [4.78, 5) is 14.9. The van der Waals surface area contributed by atoms with Crippen molar-refractivity contribution in [2.24, 2.45) is 0 Å². The second kappa shape index (κ2) is 11.7. The smallest absolute Gasteiger partial charge is 0.243 e. The van der Waals surface area contributed by atoms with Crippen LogP contribution in [0.4, 0.5) is 5.69 Å². The summed E-state index contributed by atoms with van der Waals surface area (Å²) >= 11 is 0. The molecule has 4 aromatic rings. The number of hydrogen-bond acceptors (Lipinski definition) is 4. The van der Waals surface area contributed by atoms with Crippen molar-refractivity contribution in [2.75, 3.05) is 31.5 Å². The van der Waals surface area contributed by atoms with Gasteiger partial charge in [-0.1, -0.05) is 91.0 Å². The summed E-state index contributed by atoms with van der Waals surface area (Å²) < 4.78 is 28.4. The Morgan fingerprint density at radius 1 is 0.684 bits per heavy atom. The van der Waals surface area contributed by atoms with Gasteiger partial charge in [0, 0.05) is 31.9 Å². The Labute approximate surface area is 224 Å². The standard InChI is InChI=1S/C31H31N3O3S/c35-30(24-25-10-4-1-5-11-25)32-28-16-18-29(19-17-28)38(36,37)34-22-20-33(21-23-34)31(26-12-6-2-7-13-26)27-14-8-3-9-15-27/h1-19,31H,20-24H2,(H,32,35). The van der Waals surface area contributed by atoms with Gasteiger partial charge in [-0.25, -0.2) is 8.42 Å². The summed E-state index contributed by atoms with van der Waals surface area (Å²) in [5, 5.41) is 2.84. The number of anilines is 1. The fraction of sp³-hybridized carbons (Fsp3) is 0.194. The van der Waals surface area contributed by atoms with Crippen LogP contribution in [0.5, 0.6) is 0 Å². The second-order valence-electron chi connectivity index (χ2n) is 9.40. The first-order chi connectivity index (χ1) is 18.5. The van der Waals surface area contributed by atoms with Crippen molar-refractivity contribution in [3.63, 3.8) is 0 Å². The molecular formula is C31H31N3O3S. The monoisotopic (exact) mass is 525 g/mol. The summed E-state index contributed by atoms with van der Waals surface area (Å²) in [6.45, 7) is 2.07. The van der Waals surface area contributed by atoms with E-state index in [1.165, 1.54) is 11.1 Å². The molecule has 1 N–H and O–H groups in total. The van der Waals surface area contributed by atoms with Gasteiger partial charge in [0.2, 0.25) is 15.9 Å². The van der Waals surface area contributed by atoms with Gasteiger partial charge in [0.25, 0.3) is 0 Å². The number of nitrogens with one attached hydrogen (secondary N) is 1. The summed E-state index contributed by atoms with van der Waals surface area (Å²) in [6, 6.07) is 36.7. The van der Waals surface area contributed by atoms with Crippen molar-refractivity contribution in [2.45, 2.75) is 17.4 Å². The molecule has 1 fully saturated rings. The highest BCUT2D eigenvalue weighted by atomic mass is 32.2. The lowest BCUT2D eigenvalue weighted by molar-refractivity contribution is -0.115. The van der Waals surface area contributed by atoms with Gasteiger partial charge in [-0.3, -0.25) is 9.69 Å². The fourth-order valence-corrected chi connectivity index (χ4v) is 6.35. The normalized spacial score (nSPS) is 14.9. The lowest BCUT2D eigenvalue weighted by Crippen LogP contribution is -2.49. The van der Waals surface area contributed by atoms with Crippen molar-refractivity contribution in [1.29, 1.82) is 0 Å². The molecule has 0 spiro atoms. The first-order valence-electron chi connectivity index (χ1n) is 12.8. The molecule has 5 rings (SSSR count). The van der Waals surface area contributed by atoms with Gasteiger partial charge in [-0.2, -0.15) is 4.31 Å². The highest BCUT2D eigenvalue weighted by molar-refractivity contribution is 7.89. The molecule has 0 radical (unpaired) electrons. The molecule has 0 aliphatic carbocycles. The minimum Gasteiger partial charge on any atom is -0.326 e. The Balaban J connectivity index is 1.24. The molecule has 1 saturated heterocycles. The van der Waals surface area contributed by atoms with Crippen LogP contribution in [0, 0.1) is 0 Å². The maximum Gasteiger partial charge on any atom is 0.243 e. The molecule has 6 nitrogen and oxygen atoms in total. The van der Waals surface area contributed by atoms with E-state index in [0.717, 1.165) is 5.56 Å². The summed E-state index contributed by atoms with van der Waals surface area (Å²) in [7, 11) is -3.64. The molecule has 0 aromatic heterocycles. The Hall–Kier alpha value is -3.78. The van der Waals surface area contributed by atoms with E-state index >= 15 is 0 Å². The molecule has 4 aromatic carbocycles. The molecule has 1 amide bonds. The zero-order chi connectivity index (χ0) is 26.4. The SMILES string of the molecule is O=C(Cc1ccccc1)Nc1ccc(S(=O)(=O)N2CCN(C(c3ccccc3)c3ccccc3)CC2)cc1. The zero-order valence-corrected chi connectivity index (χ0v) is 21.9. The Morgan fingerprint density at radius 3 is 1.71 bits per heavy atom. The Kier molecular flexibility index (Phi) is 7.98. The van der Waals surface area contributed by atoms with E-state index in [-0.39, 0.29) is 23.3 Å². The van der Waals surface area contributed by atoms with Gasteiger partial charge >= 0.3 is 0 Å². The number of carbonyl (C=O) groups is 1. The van der Waals surface area contributed by atoms with Crippen LogP contribution < -0.4 is 5.32 Å². The first kappa shape index (κ1) is 25.9. The van der Waals surface area contributed by atoms with Gasteiger partial charge in [-0.15, -0.1) is 0 Å². The number of amides is 1. The largest absolute Gasteiger partial charge is 0.326 e. The topological polar surface area (TPSA) is 69.7 Å². The minimum absolute atomic E-state index is 0.0704. The van der Waals surface area contributed by atoms with E-state index in [1.807, 2.05) is 66.7 Å². The van der Waals surface area contributed by atoms with E-state index in [2.05, 4.69) is 34.5 Å². The quantitative estimate of drug-likeness (QED) is 0.353. The zero-order valence-electron chi connectivity index (χ0n) is 21.1. The average Bonchev–Trinajstić information content (AvgIpc) is 2.95. The van der Waals surface area contributed by atoms with Crippen molar-refractivity contribution in [3.8, 4) is 0 Å². The molecule has 1 aliphatic heterocycles. The number of piperazine rings is 1. The Bertz CT molecular complexity index is 1400. The van der Waals surface area contributed by atoms with Crippen molar-refractivity contribution >= 4 is 21.6 Å². The second-order valence-corrected chi connectivity index (χ2v) is 11.3. The highest BCUT2D eigenvalue weighted by Crippen LogP contribution is 2.30. The van der Waals surface area contributed by atoms with Crippen LogP contribution in [0.15, 0.2) is 120 Å². The van der Waals surface area contributed by atoms with Gasteiger partial charge in [0.1, 0.15) is 0 Å². The van der Waals surface area contributed by atoms with Crippen LogP contribution in [0.2, 0.25) is 0 Å². The molecular weight excluding hydrogens is 494 g/mol. The number of carbonyl (C=O) groups excluding carboxylic acids is 1. The van der Waals surface area contributed by atoms with Crippen LogP contribution in [0.3, 0.4) is 0 Å². The minimum atomic E-state index is -3.64. The maximum absolute atomic E-state index is 13.4. The molecule has 0 bridgehead atoms. The van der Waals surface area contributed by atoms with Crippen molar-refractivity contribution < 1.29 is 13.2 Å². The lowest BCUT2D eigenvalue weighted by Gasteiger charge is -2.39. The molecule has 0 saturated carbocycles. The van der Waals surface area contributed by atoms with Crippen molar-refractivity contribution in [3.05, 3.63) is 132 Å². The number of hydrogen-bond donors (Lipinski definition) is 1. The lowest BCUT2D eigenvalue weighted by atomic mass is 9.96. The van der Waals surface area contributed by atoms with Crippen LogP contribution in [-0.4, -0.2) is 49.7 Å². The van der Waals surface area contributed by atoms with Gasteiger partial charge in [0.05, 0.1) is 17.4 Å². The third-order valence-corrected chi connectivity index (χ3v) is 8.77. The van der Waals surface area contributed by atoms with Crippen LogP contribution in [0.25, 0.3) is 0 Å². The molecule has 1 aliphatic rings. The number of rotatable bonds is 8. The maximum atomic E-state index is 13.4. The molecule has 194 valence electrons. The Morgan fingerprint density at radius 2 is 1.18 bits per heavy atom. The molecule has 38 heavy (non-hydrogen) atoms. The molecule has 1 heterocycles. The fourth-order valence-electron chi connectivity index (χ4n) is 4.93. The summed E-state index contributed by atoms with van der Waals surface area (Å²) in [5.41, 5.74) is 3.88. The molecule has 0 atom stereocenters.